The molecule has 1 rings (SSSR count). The molecule has 0 unspecified atom stereocenters. The molecule has 110 valence electrons. The number of hydrogen-bond acceptors (Lipinski definition) is 1. The van der Waals surface area contributed by atoms with Gasteiger partial charge in [0.15, 0.2) is 6.73 Å². The second-order valence-corrected chi connectivity index (χ2v) is 5.80. The molecule has 0 N–H and O–H groups in total. The van der Waals surface area contributed by atoms with Gasteiger partial charge in [-0.25, -0.2) is 0 Å². The van der Waals surface area contributed by atoms with Gasteiger partial charge in [0.1, 0.15) is 0 Å². The van der Waals surface area contributed by atoms with Gasteiger partial charge in [0.2, 0.25) is 0 Å². The van der Waals surface area contributed by atoms with E-state index in [0.717, 1.165) is 6.73 Å². The Morgan fingerprint density at radius 2 is 1.50 bits per heavy atom. The summed E-state index contributed by atoms with van der Waals surface area (Å²) >= 11 is 3.59. The van der Waals surface area contributed by atoms with E-state index in [1.165, 1.54) is 30.4 Å². The van der Waals surface area contributed by atoms with Gasteiger partial charge in [-0.05, 0) is 27.7 Å². The van der Waals surface area contributed by atoms with Crippen molar-refractivity contribution < 1.29 is 22.2 Å². The Bertz CT molecular complexity index is 225. The van der Waals surface area contributed by atoms with Gasteiger partial charge in [0.25, 0.3) is 0 Å². The molecule has 0 atom stereocenters. The van der Waals surface area contributed by atoms with E-state index in [9.17, 15) is 12.9 Å². The van der Waals surface area contributed by atoms with Crippen LogP contribution >= 0.6 is 11.5 Å². The molecule has 1 aliphatic heterocycles. The Morgan fingerprint density at radius 1 is 1.11 bits per heavy atom. The predicted octanol–water partition coefficient (Wildman–Crippen LogP) is 3.96. The largest absolute Gasteiger partial charge is 0.576 e. The molecule has 1 saturated heterocycles. The van der Waals surface area contributed by atoms with Crippen LogP contribution in [0, 0.1) is 0 Å². The molecule has 0 radical (unpaired) electrons. The van der Waals surface area contributed by atoms with E-state index < -0.39 is 6.39 Å². The highest BCUT2D eigenvalue weighted by atomic mass is 35.5. The minimum Gasteiger partial charge on any atom is -0.435 e. The summed E-state index contributed by atoms with van der Waals surface area (Å²) in [5.41, 5.74) is 0. The van der Waals surface area contributed by atoms with Gasteiger partial charge in [-0.15, -0.1) is 0 Å². The highest BCUT2D eigenvalue weighted by Gasteiger charge is 2.35. The van der Waals surface area contributed by atoms with Crippen LogP contribution in [0.5, 0.6) is 0 Å². The zero-order valence-corrected chi connectivity index (χ0v) is 12.4. The lowest BCUT2D eigenvalue weighted by atomic mass is 10.3. The van der Waals surface area contributed by atoms with Crippen molar-refractivity contribution in [3.63, 3.8) is 0 Å². The first-order chi connectivity index (χ1) is 8.07. The molecule has 0 spiro atoms. The highest BCUT2D eigenvalue weighted by Crippen LogP contribution is 2.23. The molecule has 0 saturated carbocycles. The number of nitrogens with zero attached hydrogens (tertiary/aromatic N) is 1. The summed E-state index contributed by atoms with van der Waals surface area (Å²) in [7, 11) is 0. The number of hydrogen-bond donors (Lipinski definition) is 0. The fourth-order valence-electron chi connectivity index (χ4n) is 2.06. The van der Waals surface area contributed by atoms with Gasteiger partial charge in [-0.1, -0.05) is 0 Å². The lowest BCUT2D eigenvalue weighted by Gasteiger charge is -2.38. The van der Waals surface area contributed by atoms with Gasteiger partial charge in [-0.2, -0.15) is 0 Å². The topological polar surface area (TPSA) is 9.23 Å². The molecule has 7 heteroatoms. The van der Waals surface area contributed by atoms with E-state index in [-0.39, 0.29) is 0 Å². The van der Waals surface area contributed by atoms with E-state index in [4.69, 9.17) is 4.74 Å². The van der Waals surface area contributed by atoms with Crippen LogP contribution in [0.2, 0.25) is 0 Å². The monoisotopic (exact) mass is 289 g/mol. The molecule has 0 aromatic carbocycles. The SMILES string of the molecule is CC(C)OC[N+]1(C(C)C)CCCC1.F[B-](F)(F)Cl. The molecular formula is C11H24BClF3NO. The molecule has 0 aliphatic carbocycles. The molecule has 2 nitrogen and oxygen atoms in total. The molecular weight excluding hydrogens is 265 g/mol. The van der Waals surface area contributed by atoms with Crippen molar-refractivity contribution in [3.8, 4) is 0 Å². The molecule has 0 aromatic heterocycles. The Morgan fingerprint density at radius 3 is 1.78 bits per heavy atom. The molecule has 0 aromatic rings. The average Bonchev–Trinajstić information content (AvgIpc) is 2.61. The summed E-state index contributed by atoms with van der Waals surface area (Å²) in [6.45, 7) is 12.4. The molecule has 0 amide bonds. The fraction of sp³-hybridized carbons (Fsp3) is 1.00. The van der Waals surface area contributed by atoms with E-state index in [0.29, 0.717) is 12.1 Å². The highest BCUT2D eigenvalue weighted by molar-refractivity contribution is 7.08. The minimum absolute atomic E-state index is 0.370. The number of ether oxygens (including phenoxy) is 1. The zero-order chi connectivity index (χ0) is 14.4. The van der Waals surface area contributed by atoms with Gasteiger partial charge < -0.3 is 17.7 Å². The van der Waals surface area contributed by atoms with Gasteiger partial charge in [0, 0.05) is 12.8 Å². The molecule has 1 aliphatic rings. The van der Waals surface area contributed by atoms with Crippen molar-refractivity contribution in [1.82, 2.24) is 0 Å². The summed E-state index contributed by atoms with van der Waals surface area (Å²) in [5, 5.41) is 0. The van der Waals surface area contributed by atoms with Crippen LogP contribution in [0.15, 0.2) is 0 Å². The maximum atomic E-state index is 10.2. The third kappa shape index (κ3) is 8.22. The number of quaternary nitrogens is 1. The van der Waals surface area contributed by atoms with Crippen LogP contribution in [0.1, 0.15) is 40.5 Å². The van der Waals surface area contributed by atoms with Crippen molar-refractivity contribution in [3.05, 3.63) is 0 Å². The Balaban J connectivity index is 0.000000494. The van der Waals surface area contributed by atoms with Crippen LogP contribution in [0.25, 0.3) is 0 Å². The molecule has 0 bridgehead atoms. The van der Waals surface area contributed by atoms with E-state index >= 15 is 0 Å². The molecule has 1 heterocycles. The van der Waals surface area contributed by atoms with E-state index in [1.54, 1.807) is 0 Å². The predicted molar refractivity (Wildman–Crippen MR) is 70.4 cm³/mol. The maximum Gasteiger partial charge on any atom is 0.576 e. The molecule has 1 fully saturated rings. The zero-order valence-electron chi connectivity index (χ0n) is 11.6. The first kappa shape index (κ1) is 18.1. The summed E-state index contributed by atoms with van der Waals surface area (Å²) in [4.78, 5) is 0. The second-order valence-electron chi connectivity index (χ2n) is 5.31. The smallest absolute Gasteiger partial charge is 0.435 e. The first-order valence-corrected chi connectivity index (χ1v) is 6.85. The molecule has 18 heavy (non-hydrogen) atoms. The fourth-order valence-corrected chi connectivity index (χ4v) is 2.06. The second kappa shape index (κ2) is 7.60. The van der Waals surface area contributed by atoms with Crippen molar-refractivity contribution in [2.45, 2.75) is 52.7 Å². The average molecular weight is 290 g/mol. The van der Waals surface area contributed by atoms with Crippen LogP contribution < -0.4 is 0 Å². The Labute approximate surface area is 113 Å². The lowest BCUT2D eigenvalue weighted by molar-refractivity contribution is -0.954. The standard InChI is InChI=1S/C11H24NO.BClF3/c1-10(2)12(7-5-6-8-12)9-13-11(3)4;2-1(3,4)5/h10-11H,5-9H2,1-4H3;/q+1;-1. The number of halogens is 4. The van der Waals surface area contributed by atoms with Gasteiger partial charge >= 0.3 is 6.39 Å². The van der Waals surface area contributed by atoms with Gasteiger partial charge in [0.05, 0.1) is 25.2 Å². The summed E-state index contributed by atoms with van der Waals surface area (Å²) in [5.74, 6) is 0. The van der Waals surface area contributed by atoms with Crippen LogP contribution in [-0.2, 0) is 4.74 Å². The Hall–Kier alpha value is 0.0649. The summed E-state index contributed by atoms with van der Waals surface area (Å²) < 4.78 is 37.5. The summed E-state index contributed by atoms with van der Waals surface area (Å²) in [6.07, 6.45) is -1.91. The number of rotatable bonds is 4. The maximum absolute atomic E-state index is 10.2. The van der Waals surface area contributed by atoms with Crippen molar-refractivity contribution in [2.24, 2.45) is 0 Å². The Kier molecular flexibility index (Phi) is 7.63. The lowest BCUT2D eigenvalue weighted by Crippen LogP contribution is -2.52. The normalized spacial score (nSPS) is 19.0. The summed E-state index contributed by atoms with van der Waals surface area (Å²) in [6, 6.07) is 0.709. The third-order valence-electron chi connectivity index (χ3n) is 3.22. The van der Waals surface area contributed by atoms with Crippen LogP contribution in [0.4, 0.5) is 12.9 Å². The third-order valence-corrected chi connectivity index (χ3v) is 3.22. The van der Waals surface area contributed by atoms with Crippen molar-refractivity contribution >= 4 is 17.9 Å². The first-order valence-electron chi connectivity index (χ1n) is 6.41. The van der Waals surface area contributed by atoms with Crippen LogP contribution in [0.3, 0.4) is 0 Å². The van der Waals surface area contributed by atoms with Crippen LogP contribution in [-0.4, -0.2) is 42.8 Å². The number of likely N-dealkylation sites (tertiary alicyclic amines) is 1. The van der Waals surface area contributed by atoms with Gasteiger partial charge in [-0.3, -0.25) is 15.9 Å². The van der Waals surface area contributed by atoms with E-state index in [2.05, 4.69) is 39.2 Å². The van der Waals surface area contributed by atoms with Crippen molar-refractivity contribution in [2.75, 3.05) is 19.8 Å². The van der Waals surface area contributed by atoms with Crippen molar-refractivity contribution in [1.29, 1.82) is 0 Å². The van der Waals surface area contributed by atoms with E-state index in [1.807, 2.05) is 0 Å². The minimum atomic E-state index is -5.03. The quantitative estimate of drug-likeness (QED) is 0.562.